The van der Waals surface area contributed by atoms with Crippen molar-refractivity contribution in [1.82, 2.24) is 5.16 Å². The molecule has 0 aliphatic carbocycles. The molecule has 1 heterocycles. The van der Waals surface area contributed by atoms with Crippen LogP contribution in [0.2, 0.25) is 0 Å². The molecule has 0 radical (unpaired) electrons. The molecular weight excluding hydrogens is 261 g/mol. The van der Waals surface area contributed by atoms with E-state index in [0.29, 0.717) is 0 Å². The van der Waals surface area contributed by atoms with Crippen molar-refractivity contribution in [2.45, 2.75) is 13.1 Å². The minimum atomic E-state index is -4.53. The Morgan fingerprint density at radius 2 is 2.00 bits per heavy atom. The Balaban J connectivity index is 2.30. The molecular formula is C12H9F3N2O2. The normalized spacial score (nSPS) is 11.4. The standard InChI is InChI=1S/C12H9F3N2O2/c1-7-8(6-16-19-7)11(18)17-10-5-3-2-4-9(10)12(13,14)15/h2-6H,1H3,(H,17,18). The average molecular weight is 270 g/mol. The van der Waals surface area contributed by atoms with Crippen LogP contribution in [0, 0.1) is 6.92 Å². The highest BCUT2D eigenvalue weighted by Crippen LogP contribution is 2.34. The molecule has 1 N–H and O–H groups in total. The molecule has 0 aliphatic heterocycles. The van der Waals surface area contributed by atoms with Crippen molar-refractivity contribution in [2.75, 3.05) is 5.32 Å². The van der Waals surface area contributed by atoms with Crippen molar-refractivity contribution in [3.8, 4) is 0 Å². The molecule has 0 spiro atoms. The lowest BCUT2D eigenvalue weighted by Gasteiger charge is -2.12. The molecule has 0 saturated heterocycles. The number of nitrogens with one attached hydrogen (secondary N) is 1. The number of anilines is 1. The maximum atomic E-state index is 12.7. The number of halogens is 3. The number of rotatable bonds is 2. The summed E-state index contributed by atoms with van der Waals surface area (Å²) in [5.41, 5.74) is -1.12. The highest BCUT2D eigenvalue weighted by atomic mass is 19.4. The van der Waals surface area contributed by atoms with Crippen LogP contribution >= 0.6 is 0 Å². The maximum Gasteiger partial charge on any atom is 0.418 e. The Labute approximate surface area is 106 Å². The first-order chi connectivity index (χ1) is 8.89. The second kappa shape index (κ2) is 4.75. The molecule has 0 saturated carbocycles. The summed E-state index contributed by atoms with van der Waals surface area (Å²) in [6, 6.07) is 4.74. The summed E-state index contributed by atoms with van der Waals surface area (Å²) in [5.74, 6) is -0.461. The SMILES string of the molecule is Cc1oncc1C(=O)Nc1ccccc1C(F)(F)F. The van der Waals surface area contributed by atoms with Crippen molar-refractivity contribution in [3.05, 3.63) is 47.3 Å². The summed E-state index contributed by atoms with van der Waals surface area (Å²) in [5, 5.41) is 5.60. The van der Waals surface area contributed by atoms with Crippen LogP contribution in [0.4, 0.5) is 18.9 Å². The van der Waals surface area contributed by atoms with E-state index in [1.54, 1.807) is 0 Å². The fraction of sp³-hybridized carbons (Fsp3) is 0.167. The molecule has 2 aromatic rings. The van der Waals surface area contributed by atoms with Crippen molar-refractivity contribution in [1.29, 1.82) is 0 Å². The number of carbonyl (C=O) groups is 1. The van der Waals surface area contributed by atoms with Crippen LogP contribution in [0.5, 0.6) is 0 Å². The first-order valence-corrected chi connectivity index (χ1v) is 5.28. The molecule has 1 amide bonds. The quantitative estimate of drug-likeness (QED) is 0.911. The van der Waals surface area contributed by atoms with Gasteiger partial charge in [-0.3, -0.25) is 4.79 Å². The smallest absolute Gasteiger partial charge is 0.361 e. The largest absolute Gasteiger partial charge is 0.418 e. The van der Waals surface area contributed by atoms with Gasteiger partial charge in [0.25, 0.3) is 5.91 Å². The van der Waals surface area contributed by atoms with Gasteiger partial charge in [-0.05, 0) is 19.1 Å². The van der Waals surface area contributed by atoms with Gasteiger partial charge in [-0.15, -0.1) is 0 Å². The summed E-state index contributed by atoms with van der Waals surface area (Å²) < 4.78 is 42.9. The van der Waals surface area contributed by atoms with Crippen LogP contribution in [0.25, 0.3) is 0 Å². The van der Waals surface area contributed by atoms with E-state index in [-0.39, 0.29) is 17.0 Å². The van der Waals surface area contributed by atoms with E-state index in [4.69, 9.17) is 0 Å². The second-order valence-electron chi connectivity index (χ2n) is 3.79. The number of aromatic nitrogens is 1. The predicted molar refractivity (Wildman–Crippen MR) is 60.6 cm³/mol. The average Bonchev–Trinajstić information content (AvgIpc) is 2.75. The van der Waals surface area contributed by atoms with Crippen molar-refractivity contribution in [2.24, 2.45) is 0 Å². The van der Waals surface area contributed by atoms with Gasteiger partial charge in [0.2, 0.25) is 0 Å². The Bertz CT molecular complexity index is 605. The number of nitrogens with zero attached hydrogens (tertiary/aromatic N) is 1. The zero-order valence-electron chi connectivity index (χ0n) is 9.78. The molecule has 0 bridgehead atoms. The lowest BCUT2D eigenvalue weighted by molar-refractivity contribution is -0.136. The molecule has 4 nitrogen and oxygen atoms in total. The summed E-state index contributed by atoms with van der Waals surface area (Å²) >= 11 is 0. The number of aryl methyl sites for hydroxylation is 1. The first kappa shape index (κ1) is 13.1. The van der Waals surface area contributed by atoms with E-state index < -0.39 is 17.6 Å². The molecule has 0 aliphatic rings. The maximum absolute atomic E-state index is 12.7. The lowest BCUT2D eigenvalue weighted by Crippen LogP contribution is -2.16. The van der Waals surface area contributed by atoms with Crippen LogP contribution in [0.3, 0.4) is 0 Å². The zero-order chi connectivity index (χ0) is 14.0. The fourth-order valence-corrected chi connectivity index (χ4v) is 1.55. The van der Waals surface area contributed by atoms with E-state index in [2.05, 4.69) is 15.0 Å². The number of amides is 1. The number of hydrogen-bond acceptors (Lipinski definition) is 3. The molecule has 0 unspecified atom stereocenters. The lowest BCUT2D eigenvalue weighted by atomic mass is 10.1. The van der Waals surface area contributed by atoms with E-state index in [1.807, 2.05) is 0 Å². The molecule has 7 heteroatoms. The number of benzene rings is 1. The van der Waals surface area contributed by atoms with Gasteiger partial charge in [-0.25, -0.2) is 0 Å². The molecule has 19 heavy (non-hydrogen) atoms. The Morgan fingerprint density at radius 3 is 2.58 bits per heavy atom. The second-order valence-corrected chi connectivity index (χ2v) is 3.79. The van der Waals surface area contributed by atoms with Crippen molar-refractivity contribution in [3.63, 3.8) is 0 Å². The molecule has 100 valence electrons. The van der Waals surface area contributed by atoms with Gasteiger partial charge in [0.05, 0.1) is 17.4 Å². The van der Waals surface area contributed by atoms with Crippen LogP contribution in [0.15, 0.2) is 35.0 Å². The van der Waals surface area contributed by atoms with Crippen molar-refractivity contribution >= 4 is 11.6 Å². The summed E-state index contributed by atoms with van der Waals surface area (Å²) in [6.45, 7) is 1.50. The number of carbonyl (C=O) groups excluding carboxylic acids is 1. The van der Waals surface area contributed by atoms with Gasteiger partial charge in [0.1, 0.15) is 11.3 Å². The van der Waals surface area contributed by atoms with Gasteiger partial charge < -0.3 is 9.84 Å². The van der Waals surface area contributed by atoms with E-state index in [1.165, 1.54) is 25.1 Å². The summed E-state index contributed by atoms with van der Waals surface area (Å²) in [6.07, 6.45) is -3.38. The third-order valence-corrected chi connectivity index (χ3v) is 2.48. The predicted octanol–water partition coefficient (Wildman–Crippen LogP) is 3.25. The monoisotopic (exact) mass is 270 g/mol. The topological polar surface area (TPSA) is 55.1 Å². The first-order valence-electron chi connectivity index (χ1n) is 5.28. The van der Waals surface area contributed by atoms with E-state index >= 15 is 0 Å². The van der Waals surface area contributed by atoms with Crippen LogP contribution in [-0.2, 0) is 6.18 Å². The third kappa shape index (κ3) is 2.75. The number of para-hydroxylation sites is 1. The van der Waals surface area contributed by atoms with Crippen LogP contribution in [-0.4, -0.2) is 11.1 Å². The van der Waals surface area contributed by atoms with E-state index in [9.17, 15) is 18.0 Å². The summed E-state index contributed by atoms with van der Waals surface area (Å²) in [4.78, 5) is 11.8. The molecule has 2 rings (SSSR count). The minimum Gasteiger partial charge on any atom is -0.361 e. The molecule has 0 fully saturated rings. The van der Waals surface area contributed by atoms with Gasteiger partial charge in [-0.2, -0.15) is 13.2 Å². The fourth-order valence-electron chi connectivity index (χ4n) is 1.55. The van der Waals surface area contributed by atoms with E-state index in [0.717, 1.165) is 12.3 Å². The Kier molecular flexibility index (Phi) is 3.28. The highest BCUT2D eigenvalue weighted by Gasteiger charge is 2.33. The van der Waals surface area contributed by atoms with Crippen LogP contribution in [0.1, 0.15) is 21.7 Å². The summed E-state index contributed by atoms with van der Waals surface area (Å²) in [7, 11) is 0. The third-order valence-electron chi connectivity index (χ3n) is 2.48. The molecule has 0 atom stereocenters. The van der Waals surface area contributed by atoms with Gasteiger partial charge in [0.15, 0.2) is 0 Å². The van der Waals surface area contributed by atoms with Gasteiger partial charge in [-0.1, -0.05) is 17.3 Å². The number of alkyl halides is 3. The highest BCUT2D eigenvalue weighted by molar-refractivity contribution is 6.05. The minimum absolute atomic E-state index is 0.0944. The molecule has 1 aromatic carbocycles. The van der Waals surface area contributed by atoms with Gasteiger partial charge in [0, 0.05) is 0 Å². The Hall–Kier alpha value is -2.31. The molecule has 1 aromatic heterocycles. The Morgan fingerprint density at radius 1 is 1.32 bits per heavy atom. The zero-order valence-corrected chi connectivity index (χ0v) is 9.78. The van der Waals surface area contributed by atoms with Gasteiger partial charge >= 0.3 is 6.18 Å². The number of hydrogen-bond donors (Lipinski definition) is 1. The van der Waals surface area contributed by atoms with Crippen LogP contribution < -0.4 is 5.32 Å². The van der Waals surface area contributed by atoms with Crippen molar-refractivity contribution < 1.29 is 22.5 Å².